The molecule has 0 radical (unpaired) electrons. The SMILES string of the molecule is CCn1cc(NC(=O)C(N)c2ccc(C)cc2)ccc1=O. The van der Waals surface area contributed by atoms with Gasteiger partial charge in [-0.15, -0.1) is 0 Å². The van der Waals surface area contributed by atoms with E-state index in [0.29, 0.717) is 12.2 Å². The van der Waals surface area contributed by atoms with Gasteiger partial charge in [-0.3, -0.25) is 9.59 Å². The molecule has 2 aromatic rings. The topological polar surface area (TPSA) is 77.1 Å². The zero-order chi connectivity index (χ0) is 15.4. The van der Waals surface area contributed by atoms with Gasteiger partial charge in [-0.25, -0.2) is 0 Å². The summed E-state index contributed by atoms with van der Waals surface area (Å²) in [5.41, 5.74) is 8.28. The van der Waals surface area contributed by atoms with Gasteiger partial charge in [0.25, 0.3) is 5.56 Å². The van der Waals surface area contributed by atoms with E-state index in [0.717, 1.165) is 11.1 Å². The van der Waals surface area contributed by atoms with Crippen LogP contribution in [0.1, 0.15) is 24.1 Å². The second-order valence-corrected chi connectivity index (χ2v) is 4.92. The van der Waals surface area contributed by atoms with Crippen molar-refractivity contribution in [1.29, 1.82) is 0 Å². The van der Waals surface area contributed by atoms with Crippen LogP contribution in [0.2, 0.25) is 0 Å². The number of nitrogens with zero attached hydrogens (tertiary/aromatic N) is 1. The summed E-state index contributed by atoms with van der Waals surface area (Å²) >= 11 is 0. The van der Waals surface area contributed by atoms with E-state index in [2.05, 4.69) is 5.32 Å². The van der Waals surface area contributed by atoms with Crippen LogP contribution in [-0.2, 0) is 11.3 Å². The lowest BCUT2D eigenvalue weighted by molar-refractivity contribution is -0.117. The van der Waals surface area contributed by atoms with E-state index >= 15 is 0 Å². The number of nitrogens with one attached hydrogen (secondary N) is 1. The summed E-state index contributed by atoms with van der Waals surface area (Å²) < 4.78 is 1.52. The Morgan fingerprint density at radius 1 is 1.24 bits per heavy atom. The Kier molecular flexibility index (Phi) is 4.55. The Labute approximate surface area is 123 Å². The average molecular weight is 285 g/mol. The second kappa shape index (κ2) is 6.37. The van der Waals surface area contributed by atoms with E-state index < -0.39 is 6.04 Å². The molecule has 1 atom stereocenters. The number of benzene rings is 1. The quantitative estimate of drug-likeness (QED) is 0.899. The van der Waals surface area contributed by atoms with E-state index in [9.17, 15) is 9.59 Å². The van der Waals surface area contributed by atoms with Gasteiger partial charge in [0.15, 0.2) is 0 Å². The highest BCUT2D eigenvalue weighted by Crippen LogP contribution is 2.14. The first-order chi connectivity index (χ1) is 10.0. The van der Waals surface area contributed by atoms with Gasteiger partial charge in [0.05, 0.1) is 5.69 Å². The molecule has 1 heterocycles. The molecule has 1 unspecified atom stereocenters. The number of pyridine rings is 1. The molecule has 110 valence electrons. The van der Waals surface area contributed by atoms with E-state index in [1.54, 1.807) is 12.3 Å². The van der Waals surface area contributed by atoms with E-state index in [1.165, 1.54) is 10.6 Å². The van der Waals surface area contributed by atoms with Gasteiger partial charge in [-0.05, 0) is 25.5 Å². The lowest BCUT2D eigenvalue weighted by Crippen LogP contribution is -2.28. The number of anilines is 1. The minimum atomic E-state index is -0.743. The first-order valence-electron chi connectivity index (χ1n) is 6.84. The fourth-order valence-electron chi connectivity index (χ4n) is 2.00. The second-order valence-electron chi connectivity index (χ2n) is 4.92. The maximum Gasteiger partial charge on any atom is 0.250 e. The molecule has 1 aromatic heterocycles. The monoisotopic (exact) mass is 285 g/mol. The van der Waals surface area contributed by atoms with Gasteiger partial charge in [0.1, 0.15) is 6.04 Å². The molecule has 0 aliphatic rings. The highest BCUT2D eigenvalue weighted by atomic mass is 16.2. The molecule has 2 rings (SSSR count). The summed E-state index contributed by atoms with van der Waals surface area (Å²) in [6.07, 6.45) is 1.61. The van der Waals surface area contributed by atoms with Crippen LogP contribution in [0.4, 0.5) is 5.69 Å². The van der Waals surface area contributed by atoms with Gasteiger partial charge >= 0.3 is 0 Å². The van der Waals surface area contributed by atoms with Crippen molar-refractivity contribution >= 4 is 11.6 Å². The predicted molar refractivity (Wildman–Crippen MR) is 83.1 cm³/mol. The van der Waals surface area contributed by atoms with Gasteiger partial charge in [-0.2, -0.15) is 0 Å². The Morgan fingerprint density at radius 2 is 1.90 bits per heavy atom. The number of carbonyl (C=O) groups excluding carboxylic acids is 1. The van der Waals surface area contributed by atoms with Crippen molar-refractivity contribution < 1.29 is 4.79 Å². The molecule has 1 aromatic carbocycles. The van der Waals surface area contributed by atoms with Crippen LogP contribution in [0, 0.1) is 6.92 Å². The third-order valence-corrected chi connectivity index (χ3v) is 3.31. The number of rotatable bonds is 4. The van der Waals surface area contributed by atoms with Crippen molar-refractivity contribution in [3.05, 3.63) is 64.1 Å². The smallest absolute Gasteiger partial charge is 0.250 e. The zero-order valence-electron chi connectivity index (χ0n) is 12.2. The normalized spacial score (nSPS) is 12.0. The molecule has 0 bridgehead atoms. The first kappa shape index (κ1) is 15.0. The molecule has 5 heteroatoms. The largest absolute Gasteiger partial charge is 0.323 e. The van der Waals surface area contributed by atoms with Crippen LogP contribution in [-0.4, -0.2) is 10.5 Å². The van der Waals surface area contributed by atoms with Gasteiger partial charge < -0.3 is 15.6 Å². The van der Waals surface area contributed by atoms with Crippen LogP contribution in [0.3, 0.4) is 0 Å². The summed E-state index contributed by atoms with van der Waals surface area (Å²) in [6, 6.07) is 9.77. The molecule has 0 fully saturated rings. The number of amides is 1. The molecule has 0 saturated heterocycles. The Morgan fingerprint density at radius 3 is 2.52 bits per heavy atom. The van der Waals surface area contributed by atoms with Crippen molar-refractivity contribution in [2.24, 2.45) is 5.73 Å². The van der Waals surface area contributed by atoms with Crippen LogP contribution in [0.15, 0.2) is 47.4 Å². The lowest BCUT2D eigenvalue weighted by atomic mass is 10.1. The van der Waals surface area contributed by atoms with Crippen LogP contribution < -0.4 is 16.6 Å². The summed E-state index contributed by atoms with van der Waals surface area (Å²) in [5, 5.41) is 2.73. The number of carbonyl (C=O) groups is 1. The lowest BCUT2D eigenvalue weighted by Gasteiger charge is -2.13. The van der Waals surface area contributed by atoms with Crippen LogP contribution in [0.25, 0.3) is 0 Å². The molecule has 5 nitrogen and oxygen atoms in total. The van der Waals surface area contributed by atoms with E-state index in [1.807, 2.05) is 38.1 Å². The average Bonchev–Trinajstić information content (AvgIpc) is 2.49. The summed E-state index contributed by atoms with van der Waals surface area (Å²) in [7, 11) is 0. The van der Waals surface area contributed by atoms with Crippen molar-refractivity contribution in [2.75, 3.05) is 5.32 Å². The fourth-order valence-corrected chi connectivity index (χ4v) is 2.00. The molecular weight excluding hydrogens is 266 g/mol. The molecular formula is C16H19N3O2. The van der Waals surface area contributed by atoms with Gasteiger partial charge in [-0.1, -0.05) is 29.8 Å². The van der Waals surface area contributed by atoms with Gasteiger partial charge in [0.2, 0.25) is 5.91 Å². The minimum Gasteiger partial charge on any atom is -0.323 e. The highest BCUT2D eigenvalue weighted by molar-refractivity contribution is 5.95. The molecule has 0 spiro atoms. The Bertz CT molecular complexity index is 689. The number of aromatic nitrogens is 1. The molecule has 0 aliphatic heterocycles. The maximum absolute atomic E-state index is 12.2. The number of nitrogens with two attached hydrogens (primary N) is 1. The van der Waals surface area contributed by atoms with Gasteiger partial charge in [0, 0.05) is 18.8 Å². The third kappa shape index (κ3) is 3.58. The first-order valence-corrected chi connectivity index (χ1v) is 6.84. The van der Waals surface area contributed by atoms with E-state index in [4.69, 9.17) is 5.73 Å². The maximum atomic E-state index is 12.2. The minimum absolute atomic E-state index is 0.0988. The Balaban J connectivity index is 2.14. The van der Waals surface area contributed by atoms with E-state index in [-0.39, 0.29) is 11.5 Å². The van der Waals surface area contributed by atoms with Crippen molar-refractivity contribution in [2.45, 2.75) is 26.4 Å². The molecule has 0 aliphatic carbocycles. The standard InChI is InChI=1S/C16H19N3O2/c1-3-19-10-13(8-9-14(19)20)18-16(21)15(17)12-6-4-11(2)5-7-12/h4-10,15H,3,17H2,1-2H3,(H,18,21). The number of hydrogen-bond donors (Lipinski definition) is 2. The van der Waals surface area contributed by atoms with Crippen LogP contribution >= 0.6 is 0 Å². The Hall–Kier alpha value is -2.40. The summed E-state index contributed by atoms with van der Waals surface area (Å²) in [5.74, 6) is -0.305. The summed E-state index contributed by atoms with van der Waals surface area (Å²) in [4.78, 5) is 23.7. The molecule has 21 heavy (non-hydrogen) atoms. The molecule has 3 N–H and O–H groups in total. The summed E-state index contributed by atoms with van der Waals surface area (Å²) in [6.45, 7) is 4.39. The fraction of sp³-hybridized carbons (Fsp3) is 0.250. The van der Waals surface area contributed by atoms with Crippen molar-refractivity contribution in [3.63, 3.8) is 0 Å². The third-order valence-electron chi connectivity index (χ3n) is 3.31. The number of aryl methyl sites for hydroxylation is 2. The number of hydrogen-bond acceptors (Lipinski definition) is 3. The predicted octanol–water partition coefficient (Wildman–Crippen LogP) is 1.82. The van der Waals surface area contributed by atoms with Crippen LogP contribution in [0.5, 0.6) is 0 Å². The molecule has 0 saturated carbocycles. The van der Waals surface area contributed by atoms with Crippen molar-refractivity contribution in [3.8, 4) is 0 Å². The molecule has 1 amide bonds. The zero-order valence-corrected chi connectivity index (χ0v) is 12.2. The highest BCUT2D eigenvalue weighted by Gasteiger charge is 2.15. The van der Waals surface area contributed by atoms with Crippen molar-refractivity contribution in [1.82, 2.24) is 4.57 Å².